The molecule has 0 saturated heterocycles. The second-order valence-electron chi connectivity index (χ2n) is 5.30. The molecule has 2 radical (unpaired) electrons. The van der Waals surface area contributed by atoms with E-state index in [0.717, 1.165) is 49.3 Å². The lowest BCUT2D eigenvalue weighted by molar-refractivity contribution is 0.664. The van der Waals surface area contributed by atoms with Crippen LogP contribution in [0.15, 0.2) is 63.4 Å². The highest BCUT2D eigenvalue weighted by Crippen LogP contribution is 2.35. The van der Waals surface area contributed by atoms with Crippen LogP contribution in [0, 0.1) is 0 Å². The van der Waals surface area contributed by atoms with Crippen LogP contribution in [0.2, 0.25) is 0 Å². The molecule has 5 aromatic rings. The monoisotopic (exact) mass is 268 g/mol. The van der Waals surface area contributed by atoms with Crippen molar-refractivity contribution < 1.29 is 8.83 Å². The summed E-state index contributed by atoms with van der Waals surface area (Å²) >= 11 is 0. The fraction of sp³-hybridized carbons (Fsp3) is 0. The first-order valence-electron chi connectivity index (χ1n) is 6.83. The number of furan rings is 2. The van der Waals surface area contributed by atoms with Crippen molar-refractivity contribution in [2.24, 2.45) is 0 Å². The van der Waals surface area contributed by atoms with Gasteiger partial charge < -0.3 is 8.83 Å². The zero-order chi connectivity index (χ0) is 14.0. The molecule has 0 aliphatic heterocycles. The highest BCUT2D eigenvalue weighted by molar-refractivity contribution is 6.33. The van der Waals surface area contributed by atoms with Gasteiger partial charge >= 0.3 is 0 Å². The van der Waals surface area contributed by atoms with Crippen molar-refractivity contribution in [1.29, 1.82) is 0 Å². The topological polar surface area (TPSA) is 26.3 Å². The molecule has 0 spiro atoms. The summed E-state index contributed by atoms with van der Waals surface area (Å²) in [5.74, 6) is 0. The number of fused-ring (bicyclic) bond motifs is 6. The average molecular weight is 268 g/mol. The van der Waals surface area contributed by atoms with Gasteiger partial charge in [0.25, 0.3) is 0 Å². The van der Waals surface area contributed by atoms with Gasteiger partial charge in [-0.25, -0.2) is 0 Å². The van der Waals surface area contributed by atoms with Gasteiger partial charge in [-0.3, -0.25) is 0 Å². The lowest BCUT2D eigenvalue weighted by Gasteiger charge is -1.92. The molecule has 5 rings (SSSR count). The molecule has 0 fully saturated rings. The second kappa shape index (κ2) is 3.70. The van der Waals surface area contributed by atoms with Crippen LogP contribution >= 0.6 is 0 Å². The zero-order valence-electron chi connectivity index (χ0n) is 11.1. The SMILES string of the molecule is [B]c1ccc2oc3cc4c(cc3c2c1)oc1ccccc14. The van der Waals surface area contributed by atoms with Crippen molar-refractivity contribution in [2.45, 2.75) is 0 Å². The number of rotatable bonds is 0. The Morgan fingerprint density at radius 3 is 2.00 bits per heavy atom. The Kier molecular flexibility index (Phi) is 1.94. The van der Waals surface area contributed by atoms with Crippen molar-refractivity contribution >= 4 is 57.2 Å². The Morgan fingerprint density at radius 1 is 0.571 bits per heavy atom. The van der Waals surface area contributed by atoms with Gasteiger partial charge in [0.05, 0.1) is 0 Å². The standard InChI is InChI=1S/C18H9BO2/c19-10-5-6-16-12(7-10)14-9-17-13(8-18(14)21-16)11-3-1-2-4-15(11)20-17/h1-9H. The molecule has 2 nitrogen and oxygen atoms in total. The Hall–Kier alpha value is -2.68. The van der Waals surface area contributed by atoms with Crippen molar-refractivity contribution in [3.8, 4) is 0 Å². The van der Waals surface area contributed by atoms with E-state index >= 15 is 0 Å². The van der Waals surface area contributed by atoms with Gasteiger partial charge in [-0.1, -0.05) is 35.8 Å². The maximum absolute atomic E-state index is 5.94. The molecule has 0 aliphatic carbocycles. The molecule has 0 aliphatic rings. The van der Waals surface area contributed by atoms with E-state index in [4.69, 9.17) is 16.7 Å². The molecule has 21 heavy (non-hydrogen) atoms. The number of benzene rings is 3. The lowest BCUT2D eigenvalue weighted by Crippen LogP contribution is -1.98. The summed E-state index contributed by atoms with van der Waals surface area (Å²) in [6, 6.07) is 17.8. The predicted molar refractivity (Wildman–Crippen MR) is 86.4 cm³/mol. The molecule has 0 unspecified atom stereocenters. The van der Waals surface area contributed by atoms with Crippen LogP contribution < -0.4 is 5.46 Å². The fourth-order valence-corrected chi connectivity index (χ4v) is 3.01. The van der Waals surface area contributed by atoms with E-state index in [2.05, 4.69) is 6.07 Å². The van der Waals surface area contributed by atoms with Crippen LogP contribution in [-0.2, 0) is 0 Å². The van der Waals surface area contributed by atoms with E-state index in [9.17, 15) is 0 Å². The van der Waals surface area contributed by atoms with E-state index in [-0.39, 0.29) is 0 Å². The average Bonchev–Trinajstić information content (AvgIpc) is 3.02. The first-order valence-corrected chi connectivity index (χ1v) is 6.83. The third-order valence-corrected chi connectivity index (χ3v) is 3.99. The normalized spacial score (nSPS) is 12.0. The maximum atomic E-state index is 5.94. The van der Waals surface area contributed by atoms with Gasteiger partial charge in [0, 0.05) is 21.5 Å². The molecule has 2 heterocycles. The summed E-state index contributed by atoms with van der Waals surface area (Å²) in [6.07, 6.45) is 0. The highest BCUT2D eigenvalue weighted by atomic mass is 16.3. The molecule has 3 heteroatoms. The molecule has 96 valence electrons. The molecular weight excluding hydrogens is 259 g/mol. The molecule has 0 bridgehead atoms. The van der Waals surface area contributed by atoms with Crippen molar-refractivity contribution in [2.75, 3.05) is 0 Å². The summed E-state index contributed by atoms with van der Waals surface area (Å²) in [4.78, 5) is 0. The number of para-hydroxylation sites is 1. The van der Waals surface area contributed by atoms with Crippen LogP contribution in [0.25, 0.3) is 43.9 Å². The van der Waals surface area contributed by atoms with Crippen molar-refractivity contribution in [3.05, 3.63) is 54.6 Å². The molecule has 0 amide bonds. The third-order valence-electron chi connectivity index (χ3n) is 3.99. The highest BCUT2D eigenvalue weighted by Gasteiger charge is 2.12. The van der Waals surface area contributed by atoms with Crippen LogP contribution in [0.1, 0.15) is 0 Å². The van der Waals surface area contributed by atoms with Crippen LogP contribution in [0.3, 0.4) is 0 Å². The summed E-state index contributed by atoms with van der Waals surface area (Å²) in [5, 5.41) is 4.23. The predicted octanol–water partition coefficient (Wildman–Crippen LogP) is 4.28. The Labute approximate surface area is 121 Å². The number of hydrogen-bond acceptors (Lipinski definition) is 2. The molecule has 0 saturated carbocycles. The van der Waals surface area contributed by atoms with Crippen LogP contribution in [-0.4, -0.2) is 7.85 Å². The summed E-state index contributed by atoms with van der Waals surface area (Å²) < 4.78 is 11.9. The van der Waals surface area contributed by atoms with E-state index in [1.165, 1.54) is 0 Å². The minimum Gasteiger partial charge on any atom is -0.456 e. The summed E-state index contributed by atoms with van der Waals surface area (Å²) in [6.45, 7) is 0. The largest absolute Gasteiger partial charge is 0.456 e. The quantitative estimate of drug-likeness (QED) is 0.392. The van der Waals surface area contributed by atoms with Crippen LogP contribution in [0.5, 0.6) is 0 Å². The Morgan fingerprint density at radius 2 is 1.19 bits per heavy atom. The van der Waals surface area contributed by atoms with Crippen LogP contribution in [0.4, 0.5) is 0 Å². The molecule has 0 atom stereocenters. The molecule has 2 aromatic heterocycles. The van der Waals surface area contributed by atoms with Gasteiger partial charge in [-0.2, -0.15) is 0 Å². The minimum absolute atomic E-state index is 0.731. The second-order valence-corrected chi connectivity index (χ2v) is 5.30. The Bertz CT molecular complexity index is 1150. The fourth-order valence-electron chi connectivity index (χ4n) is 3.01. The lowest BCUT2D eigenvalue weighted by atomic mass is 9.94. The molecule has 0 N–H and O–H groups in total. The van der Waals surface area contributed by atoms with Crippen molar-refractivity contribution in [3.63, 3.8) is 0 Å². The van der Waals surface area contributed by atoms with Gasteiger partial charge in [0.15, 0.2) is 0 Å². The number of hydrogen-bond donors (Lipinski definition) is 0. The van der Waals surface area contributed by atoms with E-state index < -0.39 is 0 Å². The maximum Gasteiger partial charge on any atom is 0.136 e. The van der Waals surface area contributed by atoms with E-state index in [1.54, 1.807) is 0 Å². The first-order chi connectivity index (χ1) is 10.3. The molecule has 3 aromatic carbocycles. The molecular formula is C18H9BO2. The van der Waals surface area contributed by atoms with Gasteiger partial charge in [-0.05, 0) is 24.3 Å². The summed E-state index contributed by atoms with van der Waals surface area (Å²) in [7, 11) is 5.88. The third kappa shape index (κ3) is 1.43. The van der Waals surface area contributed by atoms with Gasteiger partial charge in [0.1, 0.15) is 30.2 Å². The smallest absolute Gasteiger partial charge is 0.136 e. The van der Waals surface area contributed by atoms with Crippen molar-refractivity contribution in [1.82, 2.24) is 0 Å². The van der Waals surface area contributed by atoms with E-state index in [0.29, 0.717) is 0 Å². The van der Waals surface area contributed by atoms with Gasteiger partial charge in [0.2, 0.25) is 0 Å². The first kappa shape index (κ1) is 11.0. The Balaban J connectivity index is 2.02. The van der Waals surface area contributed by atoms with Gasteiger partial charge in [-0.15, -0.1) is 0 Å². The zero-order valence-corrected chi connectivity index (χ0v) is 11.1. The minimum atomic E-state index is 0.731. The van der Waals surface area contributed by atoms with E-state index in [1.807, 2.05) is 48.5 Å². The summed E-state index contributed by atoms with van der Waals surface area (Å²) in [5.41, 5.74) is 4.19.